The van der Waals surface area contributed by atoms with Gasteiger partial charge in [0.15, 0.2) is 0 Å². The third kappa shape index (κ3) is 0.886. The summed E-state index contributed by atoms with van der Waals surface area (Å²) in [6.07, 6.45) is 3.29. The summed E-state index contributed by atoms with van der Waals surface area (Å²) < 4.78 is 0. The van der Waals surface area contributed by atoms with Crippen molar-refractivity contribution in [2.45, 2.75) is 32.1 Å². The summed E-state index contributed by atoms with van der Waals surface area (Å²) in [6.45, 7) is 0. The summed E-state index contributed by atoms with van der Waals surface area (Å²) >= 11 is 0. The van der Waals surface area contributed by atoms with Crippen LogP contribution in [0.5, 0.6) is 0 Å². The first-order valence-corrected chi connectivity index (χ1v) is 4.40. The van der Waals surface area contributed by atoms with Crippen LogP contribution in [-0.2, 0) is 9.59 Å². The highest BCUT2D eigenvalue weighted by atomic mass is 16.4. The second kappa shape index (κ2) is 2.31. The molecular weight excluding hydrogens is 156 g/mol. The van der Waals surface area contributed by atoms with Crippen molar-refractivity contribution in [3.05, 3.63) is 0 Å². The number of hydrogen-bond donors (Lipinski definition) is 1. The highest BCUT2D eigenvalue weighted by Gasteiger charge is 2.49. The Kier molecular flexibility index (Phi) is 1.50. The average molecular weight is 168 g/mol. The van der Waals surface area contributed by atoms with E-state index >= 15 is 0 Å². The molecule has 1 N–H and O–H groups in total. The number of hydrogen-bond acceptors (Lipinski definition) is 2. The van der Waals surface area contributed by atoms with Crippen LogP contribution in [0.25, 0.3) is 0 Å². The molecule has 0 aromatic heterocycles. The van der Waals surface area contributed by atoms with Gasteiger partial charge in [0.25, 0.3) is 0 Å². The van der Waals surface area contributed by atoms with Gasteiger partial charge in [0.1, 0.15) is 5.78 Å². The Morgan fingerprint density at radius 1 is 1.42 bits per heavy atom. The Labute approximate surface area is 70.8 Å². The lowest BCUT2D eigenvalue weighted by Crippen LogP contribution is -2.45. The van der Waals surface area contributed by atoms with Gasteiger partial charge in [-0.3, -0.25) is 9.59 Å². The lowest BCUT2D eigenvalue weighted by molar-refractivity contribution is -0.160. The molecule has 0 radical (unpaired) electrons. The zero-order valence-electron chi connectivity index (χ0n) is 6.88. The number of Topliss-reactive ketones (excluding diaryl/α,β-unsaturated/α-hetero) is 1. The van der Waals surface area contributed by atoms with Crippen LogP contribution in [0.4, 0.5) is 0 Å². The average Bonchev–Trinajstić information content (AvgIpc) is 2.05. The van der Waals surface area contributed by atoms with Crippen LogP contribution in [0.3, 0.4) is 0 Å². The molecule has 0 spiro atoms. The summed E-state index contributed by atoms with van der Waals surface area (Å²) in [5, 5.41) is 8.98. The van der Waals surface area contributed by atoms with E-state index in [1.54, 1.807) is 0 Å². The minimum Gasteiger partial charge on any atom is -0.481 e. The minimum absolute atomic E-state index is 0.176. The standard InChI is InChI=1S/C9H12O3/c10-7-5-9(8(11)12)3-1-6(7)2-4-9/h6H,1-5H2,(H,11,12). The maximum absolute atomic E-state index is 11.3. The van der Waals surface area contributed by atoms with Crippen molar-refractivity contribution in [2.75, 3.05) is 0 Å². The molecule has 0 amide bonds. The molecule has 2 bridgehead atoms. The number of rotatable bonds is 1. The normalized spacial score (nSPS) is 40.0. The van der Waals surface area contributed by atoms with E-state index in [-0.39, 0.29) is 18.1 Å². The van der Waals surface area contributed by atoms with E-state index in [4.69, 9.17) is 5.11 Å². The quantitative estimate of drug-likeness (QED) is 0.640. The van der Waals surface area contributed by atoms with Gasteiger partial charge in [0, 0.05) is 12.3 Å². The van der Waals surface area contributed by atoms with Crippen molar-refractivity contribution in [3.8, 4) is 0 Å². The Balaban J connectivity index is 2.27. The number of ketones is 1. The fourth-order valence-electron chi connectivity index (χ4n) is 2.44. The molecule has 0 saturated heterocycles. The largest absolute Gasteiger partial charge is 0.481 e. The van der Waals surface area contributed by atoms with E-state index in [1.807, 2.05) is 0 Å². The van der Waals surface area contributed by atoms with Gasteiger partial charge in [-0.25, -0.2) is 0 Å². The summed E-state index contributed by atoms with van der Waals surface area (Å²) in [4.78, 5) is 22.2. The molecule has 3 nitrogen and oxygen atoms in total. The van der Waals surface area contributed by atoms with Crippen molar-refractivity contribution in [2.24, 2.45) is 11.3 Å². The number of carbonyl (C=O) groups is 2. The van der Waals surface area contributed by atoms with Gasteiger partial charge in [-0.2, -0.15) is 0 Å². The third-order valence-corrected chi connectivity index (χ3v) is 3.36. The van der Waals surface area contributed by atoms with Crippen LogP contribution in [0.2, 0.25) is 0 Å². The van der Waals surface area contributed by atoms with Crippen molar-refractivity contribution in [3.63, 3.8) is 0 Å². The number of carboxylic acid groups (broad SMARTS) is 1. The molecule has 0 atom stereocenters. The van der Waals surface area contributed by atoms with E-state index in [0.717, 1.165) is 12.8 Å². The number of fused-ring (bicyclic) bond motifs is 3. The van der Waals surface area contributed by atoms with E-state index in [2.05, 4.69) is 0 Å². The van der Waals surface area contributed by atoms with Gasteiger partial charge < -0.3 is 5.11 Å². The molecule has 3 heteroatoms. The third-order valence-electron chi connectivity index (χ3n) is 3.36. The first-order chi connectivity index (χ1) is 5.64. The summed E-state index contributed by atoms with van der Waals surface area (Å²) in [6, 6.07) is 0. The van der Waals surface area contributed by atoms with Gasteiger partial charge in [0.2, 0.25) is 0 Å². The number of aliphatic carboxylic acids is 1. The Hall–Kier alpha value is -0.860. The highest BCUT2D eigenvalue weighted by Crippen LogP contribution is 2.48. The smallest absolute Gasteiger partial charge is 0.310 e. The molecular formula is C9H12O3. The zero-order valence-corrected chi connectivity index (χ0v) is 6.88. The minimum atomic E-state index is -0.769. The van der Waals surface area contributed by atoms with Crippen LogP contribution in [0.1, 0.15) is 32.1 Å². The van der Waals surface area contributed by atoms with E-state index < -0.39 is 11.4 Å². The zero-order chi connectivity index (χ0) is 8.77. The molecule has 0 unspecified atom stereocenters. The SMILES string of the molecule is O=C1CC2(C(=O)O)CCC1CC2. The molecule has 0 aliphatic heterocycles. The fourth-order valence-corrected chi connectivity index (χ4v) is 2.44. The molecule has 0 heterocycles. The monoisotopic (exact) mass is 168 g/mol. The topological polar surface area (TPSA) is 54.4 Å². The fraction of sp³-hybridized carbons (Fsp3) is 0.778. The van der Waals surface area contributed by atoms with Gasteiger partial charge in [-0.05, 0) is 25.7 Å². The Bertz CT molecular complexity index is 234. The Morgan fingerprint density at radius 2 is 2.00 bits per heavy atom. The van der Waals surface area contributed by atoms with E-state index in [9.17, 15) is 9.59 Å². The molecule has 3 saturated carbocycles. The first-order valence-electron chi connectivity index (χ1n) is 4.40. The van der Waals surface area contributed by atoms with Crippen molar-refractivity contribution in [1.29, 1.82) is 0 Å². The molecule has 3 fully saturated rings. The number of carboxylic acids is 1. The van der Waals surface area contributed by atoms with Crippen LogP contribution in [-0.4, -0.2) is 16.9 Å². The van der Waals surface area contributed by atoms with Gasteiger partial charge in [-0.1, -0.05) is 0 Å². The molecule has 0 aromatic carbocycles. The Morgan fingerprint density at radius 3 is 2.33 bits per heavy atom. The summed E-state index contributed by atoms with van der Waals surface area (Å²) in [5.74, 6) is -0.407. The maximum atomic E-state index is 11.3. The molecule has 66 valence electrons. The second-order valence-electron chi connectivity index (χ2n) is 4.00. The van der Waals surface area contributed by atoms with Gasteiger partial charge in [0.05, 0.1) is 5.41 Å². The molecule has 3 aliphatic rings. The summed E-state index contributed by atoms with van der Waals surface area (Å²) in [5.41, 5.74) is -0.675. The second-order valence-corrected chi connectivity index (χ2v) is 4.00. The van der Waals surface area contributed by atoms with Crippen LogP contribution >= 0.6 is 0 Å². The van der Waals surface area contributed by atoms with Gasteiger partial charge >= 0.3 is 5.97 Å². The van der Waals surface area contributed by atoms with Crippen LogP contribution in [0.15, 0.2) is 0 Å². The maximum Gasteiger partial charge on any atom is 0.310 e. The van der Waals surface area contributed by atoms with Crippen LogP contribution in [0, 0.1) is 11.3 Å². The predicted octanol–water partition coefficient (Wildman–Crippen LogP) is 1.22. The lowest BCUT2D eigenvalue weighted by Gasteiger charge is -2.42. The molecule has 3 aliphatic carbocycles. The first kappa shape index (κ1) is 7.77. The summed E-state index contributed by atoms with van der Waals surface area (Å²) in [7, 11) is 0. The van der Waals surface area contributed by atoms with E-state index in [0.29, 0.717) is 12.8 Å². The highest BCUT2D eigenvalue weighted by molar-refractivity contribution is 5.90. The van der Waals surface area contributed by atoms with Crippen molar-refractivity contribution >= 4 is 11.8 Å². The van der Waals surface area contributed by atoms with E-state index in [1.165, 1.54) is 0 Å². The van der Waals surface area contributed by atoms with Gasteiger partial charge in [-0.15, -0.1) is 0 Å². The molecule has 3 rings (SSSR count). The lowest BCUT2D eigenvalue weighted by atomic mass is 9.60. The molecule has 0 aromatic rings. The number of carbonyl (C=O) groups excluding carboxylic acids is 1. The van der Waals surface area contributed by atoms with Crippen molar-refractivity contribution < 1.29 is 14.7 Å². The van der Waals surface area contributed by atoms with Crippen molar-refractivity contribution in [1.82, 2.24) is 0 Å². The molecule has 12 heavy (non-hydrogen) atoms. The predicted molar refractivity (Wildman–Crippen MR) is 41.7 cm³/mol. The van der Waals surface area contributed by atoms with Crippen LogP contribution < -0.4 is 0 Å².